The number of methoxy groups -OCH3 is 1. The largest absolute Gasteiger partial charge is 0.381 e. The summed E-state index contributed by atoms with van der Waals surface area (Å²) in [7, 11) is 1.92. The summed E-state index contributed by atoms with van der Waals surface area (Å²) in [6, 6.07) is 11.8. The molecule has 158 valence electrons. The average Bonchev–Trinajstić information content (AvgIpc) is 2.74. The van der Waals surface area contributed by atoms with Gasteiger partial charge in [-0.25, -0.2) is 0 Å². The van der Waals surface area contributed by atoms with Gasteiger partial charge >= 0.3 is 0 Å². The lowest BCUT2D eigenvalue weighted by atomic mass is 9.42. The molecule has 29 heavy (non-hydrogen) atoms. The average molecular weight is 413 g/mol. The van der Waals surface area contributed by atoms with Crippen LogP contribution in [-0.2, 0) is 10.2 Å². The van der Waals surface area contributed by atoms with E-state index in [4.69, 9.17) is 22.7 Å². The van der Waals surface area contributed by atoms with Gasteiger partial charge in [-0.05, 0) is 93.1 Å². The molecule has 0 saturated heterocycles. The summed E-state index contributed by atoms with van der Waals surface area (Å²) in [5.41, 5.74) is 7.86. The molecule has 0 aliphatic heterocycles. The molecule has 4 bridgehead atoms. The van der Waals surface area contributed by atoms with Gasteiger partial charge in [-0.1, -0.05) is 42.5 Å². The summed E-state index contributed by atoms with van der Waals surface area (Å²) in [5, 5.41) is 3.87. The summed E-state index contributed by atoms with van der Waals surface area (Å²) in [6.07, 6.45) is 11.5. The molecule has 1 aromatic carbocycles. The molecule has 2 atom stereocenters. The van der Waals surface area contributed by atoms with Crippen molar-refractivity contribution in [3.8, 4) is 0 Å². The minimum absolute atomic E-state index is 0.163. The van der Waals surface area contributed by atoms with Crippen LogP contribution in [0.3, 0.4) is 0 Å². The van der Waals surface area contributed by atoms with Gasteiger partial charge in [0.25, 0.3) is 0 Å². The normalized spacial score (nSPS) is 43.3. The van der Waals surface area contributed by atoms with Gasteiger partial charge in [0.1, 0.15) is 0 Å². The van der Waals surface area contributed by atoms with Crippen LogP contribution in [0.15, 0.2) is 30.3 Å². The zero-order chi connectivity index (χ0) is 20.1. The molecule has 0 spiro atoms. The van der Waals surface area contributed by atoms with E-state index in [1.807, 2.05) is 7.11 Å². The Bertz CT molecular complexity index is 726. The summed E-state index contributed by atoms with van der Waals surface area (Å²) in [5.74, 6) is 1.98. The van der Waals surface area contributed by atoms with Crippen LogP contribution in [0.2, 0.25) is 0 Å². The molecule has 3 N–H and O–H groups in total. The van der Waals surface area contributed by atoms with Crippen molar-refractivity contribution in [1.82, 2.24) is 5.32 Å². The predicted molar refractivity (Wildman–Crippen MR) is 122 cm³/mol. The lowest BCUT2D eigenvalue weighted by Gasteiger charge is -2.64. The highest BCUT2D eigenvalue weighted by molar-refractivity contribution is 7.80. The third-order valence-electron chi connectivity index (χ3n) is 8.87. The first-order chi connectivity index (χ1) is 14.1. The van der Waals surface area contributed by atoms with Crippen LogP contribution in [0, 0.1) is 23.2 Å². The van der Waals surface area contributed by atoms with E-state index in [-0.39, 0.29) is 10.8 Å². The molecule has 0 amide bonds. The highest BCUT2D eigenvalue weighted by Crippen LogP contribution is 2.66. The second kappa shape index (κ2) is 7.62. The first-order valence-electron chi connectivity index (χ1n) is 11.7. The monoisotopic (exact) mass is 412 g/mol. The molecule has 0 aromatic heterocycles. The van der Waals surface area contributed by atoms with Gasteiger partial charge in [-0.15, -0.1) is 0 Å². The highest BCUT2D eigenvalue weighted by Gasteiger charge is 2.63. The van der Waals surface area contributed by atoms with Crippen LogP contribution >= 0.6 is 12.2 Å². The van der Waals surface area contributed by atoms with Crippen molar-refractivity contribution >= 4 is 17.2 Å². The fourth-order valence-electron chi connectivity index (χ4n) is 7.77. The van der Waals surface area contributed by atoms with Crippen LogP contribution in [0.5, 0.6) is 0 Å². The Hall–Kier alpha value is -0.970. The Kier molecular flexibility index (Phi) is 5.24. The van der Waals surface area contributed by atoms with E-state index in [2.05, 4.69) is 35.6 Å². The lowest BCUT2D eigenvalue weighted by molar-refractivity contribution is -0.138. The molecule has 6 rings (SSSR count). The number of nitrogens with one attached hydrogen (secondary N) is 1. The van der Waals surface area contributed by atoms with Gasteiger partial charge in [0.05, 0.1) is 11.1 Å². The molecular formula is C25H36N2OS. The Morgan fingerprint density at radius 3 is 2.31 bits per heavy atom. The molecule has 3 nitrogen and oxygen atoms in total. The molecule has 5 aliphatic rings. The molecular weight excluding hydrogens is 376 g/mol. The Morgan fingerprint density at radius 1 is 1.07 bits per heavy atom. The SMILES string of the molecule is COC1C2CC3(C(=S)NC4CCC(CN)CC4)CC1CC(c1ccccc1)(C2)C3. The third-order valence-corrected chi connectivity index (χ3v) is 9.42. The molecule has 5 saturated carbocycles. The van der Waals surface area contributed by atoms with Crippen LogP contribution in [0.4, 0.5) is 0 Å². The molecule has 0 radical (unpaired) electrons. The van der Waals surface area contributed by atoms with Gasteiger partial charge in [0.2, 0.25) is 0 Å². The van der Waals surface area contributed by atoms with Gasteiger partial charge in [-0.2, -0.15) is 0 Å². The van der Waals surface area contributed by atoms with Gasteiger partial charge in [0.15, 0.2) is 0 Å². The number of thiocarbonyl (C=S) groups is 1. The summed E-state index contributed by atoms with van der Waals surface area (Å²) < 4.78 is 6.03. The third kappa shape index (κ3) is 3.36. The number of nitrogens with two attached hydrogens (primary N) is 1. The maximum Gasteiger partial charge on any atom is 0.0818 e. The summed E-state index contributed by atoms with van der Waals surface area (Å²) in [6.45, 7) is 0.836. The lowest BCUT2D eigenvalue weighted by Crippen LogP contribution is -2.64. The van der Waals surface area contributed by atoms with Crippen LogP contribution in [0.25, 0.3) is 0 Å². The standard InChI is InChI=1S/C25H36N2OS/c1-28-22-18-11-24(20-5-3-2-4-6-20)12-19(22)14-25(13-18,16-24)23(29)27-21-9-7-17(15-26)8-10-21/h2-6,17-19,21-22H,7-16,26H2,1H3,(H,27,29). The molecule has 4 heteroatoms. The smallest absolute Gasteiger partial charge is 0.0818 e. The number of ether oxygens (including phenoxy) is 1. The zero-order valence-corrected chi connectivity index (χ0v) is 18.6. The second-order valence-corrected chi connectivity index (χ2v) is 11.0. The van der Waals surface area contributed by atoms with Crippen molar-refractivity contribution in [3.63, 3.8) is 0 Å². The topological polar surface area (TPSA) is 47.3 Å². The van der Waals surface area contributed by atoms with E-state index in [9.17, 15) is 0 Å². The number of rotatable bonds is 5. The van der Waals surface area contributed by atoms with Gasteiger partial charge in [-0.3, -0.25) is 0 Å². The van der Waals surface area contributed by atoms with Gasteiger partial charge < -0.3 is 15.8 Å². The maximum atomic E-state index is 6.18. The van der Waals surface area contributed by atoms with Crippen molar-refractivity contribution < 1.29 is 4.74 Å². The predicted octanol–water partition coefficient (Wildman–Crippen LogP) is 4.58. The molecule has 5 fully saturated rings. The maximum absolute atomic E-state index is 6.18. The van der Waals surface area contributed by atoms with E-state index in [0.29, 0.717) is 29.9 Å². The van der Waals surface area contributed by atoms with E-state index in [1.165, 1.54) is 63.4 Å². The molecule has 0 heterocycles. The molecule has 5 aliphatic carbocycles. The second-order valence-electron chi connectivity index (χ2n) is 10.6. The first kappa shape index (κ1) is 20.0. The van der Waals surface area contributed by atoms with Crippen molar-refractivity contribution in [2.24, 2.45) is 28.9 Å². The van der Waals surface area contributed by atoms with Crippen LogP contribution in [0.1, 0.15) is 63.4 Å². The molecule has 1 aromatic rings. The van der Waals surface area contributed by atoms with Crippen LogP contribution < -0.4 is 11.1 Å². The fourth-order valence-corrected chi connectivity index (χ4v) is 8.17. The van der Waals surface area contributed by atoms with Crippen molar-refractivity contribution in [2.75, 3.05) is 13.7 Å². The van der Waals surface area contributed by atoms with Crippen molar-refractivity contribution in [3.05, 3.63) is 35.9 Å². The highest BCUT2D eigenvalue weighted by atomic mass is 32.1. The fraction of sp³-hybridized carbons (Fsp3) is 0.720. The van der Waals surface area contributed by atoms with E-state index in [0.717, 1.165) is 11.5 Å². The van der Waals surface area contributed by atoms with Crippen molar-refractivity contribution in [2.45, 2.75) is 75.3 Å². The number of hydrogen-bond acceptors (Lipinski definition) is 3. The Balaban J connectivity index is 1.39. The number of benzene rings is 1. The Labute approximate surface area is 181 Å². The van der Waals surface area contributed by atoms with Crippen molar-refractivity contribution in [1.29, 1.82) is 0 Å². The minimum atomic E-state index is 0.163. The quantitative estimate of drug-likeness (QED) is 0.695. The summed E-state index contributed by atoms with van der Waals surface area (Å²) >= 11 is 6.18. The first-order valence-corrected chi connectivity index (χ1v) is 12.1. The summed E-state index contributed by atoms with van der Waals surface area (Å²) in [4.78, 5) is 1.16. The zero-order valence-electron chi connectivity index (χ0n) is 17.7. The van der Waals surface area contributed by atoms with Gasteiger partial charge in [0, 0.05) is 18.6 Å². The van der Waals surface area contributed by atoms with E-state index < -0.39 is 0 Å². The van der Waals surface area contributed by atoms with E-state index >= 15 is 0 Å². The number of hydrogen-bond donors (Lipinski definition) is 2. The molecule has 2 unspecified atom stereocenters. The minimum Gasteiger partial charge on any atom is -0.381 e. The van der Waals surface area contributed by atoms with E-state index in [1.54, 1.807) is 0 Å². The van der Waals surface area contributed by atoms with Crippen LogP contribution in [-0.4, -0.2) is 30.8 Å². The Morgan fingerprint density at radius 2 is 1.72 bits per heavy atom.